The van der Waals surface area contributed by atoms with E-state index in [-0.39, 0.29) is 12.5 Å². The molecule has 1 aliphatic heterocycles. The summed E-state index contributed by atoms with van der Waals surface area (Å²) in [6.07, 6.45) is 1.93. The molecule has 0 atom stereocenters. The van der Waals surface area contributed by atoms with Crippen molar-refractivity contribution in [3.8, 4) is 5.75 Å². The summed E-state index contributed by atoms with van der Waals surface area (Å²) in [4.78, 5) is 12.7. The Hall–Kier alpha value is -1.07. The number of aliphatic carboxylic acids is 1. The Kier molecular flexibility index (Phi) is 4.82. The molecule has 1 aliphatic rings. The first-order valence-electron chi connectivity index (χ1n) is 6.40. The van der Waals surface area contributed by atoms with Gasteiger partial charge in [-0.05, 0) is 53.5 Å². The van der Waals surface area contributed by atoms with Crippen LogP contribution in [0.3, 0.4) is 0 Å². The Labute approximate surface area is 121 Å². The van der Waals surface area contributed by atoms with E-state index >= 15 is 0 Å². The van der Waals surface area contributed by atoms with Crippen molar-refractivity contribution in [2.75, 3.05) is 20.1 Å². The summed E-state index contributed by atoms with van der Waals surface area (Å²) in [7, 11) is 2.07. The van der Waals surface area contributed by atoms with Gasteiger partial charge in [-0.2, -0.15) is 0 Å². The predicted octanol–water partition coefficient (Wildman–Crippen LogP) is 2.55. The third kappa shape index (κ3) is 4.21. The van der Waals surface area contributed by atoms with Crippen molar-refractivity contribution in [2.24, 2.45) is 0 Å². The van der Waals surface area contributed by atoms with Gasteiger partial charge in [-0.25, -0.2) is 0 Å². The molecule has 1 aromatic rings. The lowest BCUT2D eigenvalue weighted by Crippen LogP contribution is -2.51. The maximum absolute atomic E-state index is 10.5. The zero-order valence-electron chi connectivity index (χ0n) is 10.9. The van der Waals surface area contributed by atoms with E-state index in [0.717, 1.165) is 35.3 Å². The van der Waals surface area contributed by atoms with E-state index in [2.05, 4.69) is 27.9 Å². The van der Waals surface area contributed by atoms with Crippen molar-refractivity contribution in [1.29, 1.82) is 0 Å². The lowest BCUT2D eigenvalue weighted by Gasteiger charge is -2.36. The minimum Gasteiger partial charge on any atom is -0.487 e. The van der Waals surface area contributed by atoms with Crippen LogP contribution in [0.4, 0.5) is 0 Å². The molecule has 0 bridgehead atoms. The molecule has 1 heterocycles. The molecule has 0 unspecified atom stereocenters. The summed E-state index contributed by atoms with van der Waals surface area (Å²) in [5.41, 5.74) is 1.13. The van der Waals surface area contributed by atoms with Gasteiger partial charge in [0.05, 0.1) is 4.47 Å². The Morgan fingerprint density at radius 1 is 1.53 bits per heavy atom. The average Bonchev–Trinajstić information content (AvgIpc) is 2.29. The van der Waals surface area contributed by atoms with E-state index < -0.39 is 5.97 Å². The maximum Gasteiger partial charge on any atom is 0.303 e. The third-order valence-electron chi connectivity index (χ3n) is 3.18. The molecule has 104 valence electrons. The van der Waals surface area contributed by atoms with Gasteiger partial charge in [-0.15, -0.1) is 0 Å². The Morgan fingerprint density at radius 3 is 2.84 bits per heavy atom. The number of aryl methyl sites for hydroxylation is 1. The largest absolute Gasteiger partial charge is 0.487 e. The number of carboxylic acid groups (broad SMARTS) is 1. The molecule has 0 saturated carbocycles. The number of nitrogens with zero attached hydrogens (tertiary/aromatic N) is 1. The van der Waals surface area contributed by atoms with Crippen LogP contribution < -0.4 is 4.74 Å². The van der Waals surface area contributed by atoms with Crippen molar-refractivity contribution >= 4 is 21.9 Å². The highest BCUT2D eigenvalue weighted by Gasteiger charge is 2.25. The van der Waals surface area contributed by atoms with Crippen molar-refractivity contribution in [3.05, 3.63) is 28.2 Å². The van der Waals surface area contributed by atoms with Crippen LogP contribution >= 0.6 is 15.9 Å². The highest BCUT2D eigenvalue weighted by Crippen LogP contribution is 2.28. The number of rotatable bonds is 6. The smallest absolute Gasteiger partial charge is 0.303 e. The number of halogens is 1. The van der Waals surface area contributed by atoms with E-state index in [1.165, 1.54) is 0 Å². The molecule has 0 amide bonds. The van der Waals surface area contributed by atoms with Gasteiger partial charge in [0.2, 0.25) is 0 Å². The number of carbonyl (C=O) groups is 1. The minimum absolute atomic E-state index is 0.213. The molecular formula is C14H18BrNO3. The summed E-state index contributed by atoms with van der Waals surface area (Å²) in [6.45, 7) is 1.93. The maximum atomic E-state index is 10.5. The van der Waals surface area contributed by atoms with Crippen LogP contribution in [0.25, 0.3) is 0 Å². The first kappa shape index (κ1) is 14.3. The number of hydrogen-bond donors (Lipinski definition) is 1. The van der Waals surface area contributed by atoms with Crippen LogP contribution in [-0.4, -0.2) is 42.2 Å². The zero-order valence-corrected chi connectivity index (χ0v) is 12.5. The van der Waals surface area contributed by atoms with Crippen molar-refractivity contribution in [2.45, 2.75) is 25.4 Å². The first-order valence-corrected chi connectivity index (χ1v) is 7.19. The van der Waals surface area contributed by atoms with Gasteiger partial charge in [-0.3, -0.25) is 9.69 Å². The van der Waals surface area contributed by atoms with E-state index in [1.807, 2.05) is 18.2 Å². The lowest BCUT2D eigenvalue weighted by atomic mass is 10.1. The fraction of sp³-hybridized carbons (Fsp3) is 0.500. The second-order valence-corrected chi connectivity index (χ2v) is 5.83. The molecule has 1 aromatic carbocycles. The van der Waals surface area contributed by atoms with Gasteiger partial charge in [0.1, 0.15) is 11.9 Å². The van der Waals surface area contributed by atoms with Gasteiger partial charge >= 0.3 is 5.97 Å². The standard InChI is InChI=1S/C14H18BrNO3/c1-16-8-11(9-16)19-13-6-5-10(7-12(13)15)3-2-4-14(17)18/h5-7,11H,2-4,8-9H2,1H3,(H,17,18). The first-order chi connectivity index (χ1) is 9.04. The molecule has 0 spiro atoms. The molecular weight excluding hydrogens is 310 g/mol. The molecule has 0 aliphatic carbocycles. The van der Waals surface area contributed by atoms with Crippen LogP contribution in [0.15, 0.2) is 22.7 Å². The van der Waals surface area contributed by atoms with Gasteiger partial charge < -0.3 is 9.84 Å². The number of likely N-dealkylation sites (N-methyl/N-ethyl adjacent to an activating group) is 1. The normalized spacial score (nSPS) is 16.1. The highest BCUT2D eigenvalue weighted by atomic mass is 79.9. The molecule has 4 nitrogen and oxygen atoms in total. The van der Waals surface area contributed by atoms with Gasteiger partial charge in [0.25, 0.3) is 0 Å². The molecule has 19 heavy (non-hydrogen) atoms. The summed E-state index contributed by atoms with van der Waals surface area (Å²) in [6, 6.07) is 5.97. The van der Waals surface area contributed by atoms with E-state index in [1.54, 1.807) is 0 Å². The molecule has 0 radical (unpaired) electrons. The summed E-state index contributed by atoms with van der Waals surface area (Å²) in [5, 5.41) is 8.61. The zero-order chi connectivity index (χ0) is 13.8. The average molecular weight is 328 g/mol. The second kappa shape index (κ2) is 6.39. The van der Waals surface area contributed by atoms with Crippen LogP contribution in [0.5, 0.6) is 5.75 Å². The topological polar surface area (TPSA) is 49.8 Å². The van der Waals surface area contributed by atoms with Crippen LogP contribution in [0.2, 0.25) is 0 Å². The van der Waals surface area contributed by atoms with Crippen molar-refractivity contribution in [3.63, 3.8) is 0 Å². The predicted molar refractivity (Wildman–Crippen MR) is 76.6 cm³/mol. The Morgan fingerprint density at radius 2 is 2.26 bits per heavy atom. The monoisotopic (exact) mass is 327 g/mol. The van der Waals surface area contributed by atoms with Gasteiger partial charge in [0, 0.05) is 19.5 Å². The second-order valence-electron chi connectivity index (χ2n) is 4.97. The van der Waals surface area contributed by atoms with Crippen LogP contribution in [-0.2, 0) is 11.2 Å². The van der Waals surface area contributed by atoms with Gasteiger partial charge in [0.15, 0.2) is 0 Å². The molecule has 1 fully saturated rings. The van der Waals surface area contributed by atoms with Crippen LogP contribution in [0, 0.1) is 0 Å². The van der Waals surface area contributed by atoms with Crippen molar-refractivity contribution in [1.82, 2.24) is 4.90 Å². The Bertz CT molecular complexity index is 458. The number of hydrogen-bond acceptors (Lipinski definition) is 3. The molecule has 0 aromatic heterocycles. The number of carboxylic acids is 1. The number of likely N-dealkylation sites (tertiary alicyclic amines) is 1. The summed E-state index contributed by atoms with van der Waals surface area (Å²) >= 11 is 3.51. The summed E-state index contributed by atoms with van der Waals surface area (Å²) < 4.78 is 6.81. The van der Waals surface area contributed by atoms with E-state index in [4.69, 9.17) is 9.84 Å². The highest BCUT2D eigenvalue weighted by molar-refractivity contribution is 9.10. The molecule has 5 heteroatoms. The quantitative estimate of drug-likeness (QED) is 0.872. The molecule has 1 saturated heterocycles. The lowest BCUT2D eigenvalue weighted by molar-refractivity contribution is -0.137. The fourth-order valence-corrected chi connectivity index (χ4v) is 2.65. The molecule has 2 rings (SSSR count). The third-order valence-corrected chi connectivity index (χ3v) is 3.80. The number of benzene rings is 1. The van der Waals surface area contributed by atoms with E-state index in [9.17, 15) is 4.79 Å². The SMILES string of the molecule is CN1CC(Oc2ccc(CCCC(=O)O)cc2Br)C1. The van der Waals surface area contributed by atoms with E-state index in [0.29, 0.717) is 6.42 Å². The van der Waals surface area contributed by atoms with Crippen LogP contribution in [0.1, 0.15) is 18.4 Å². The van der Waals surface area contributed by atoms with Gasteiger partial charge in [-0.1, -0.05) is 6.07 Å². The number of ether oxygens (including phenoxy) is 1. The fourth-order valence-electron chi connectivity index (χ4n) is 2.14. The Balaban J connectivity index is 1.87. The minimum atomic E-state index is -0.742. The van der Waals surface area contributed by atoms with Crippen molar-refractivity contribution < 1.29 is 14.6 Å². The summed E-state index contributed by atoms with van der Waals surface area (Å²) in [5.74, 6) is 0.119. The molecule has 1 N–H and O–H groups in total.